The molecule has 3 N–H and O–H groups in total. The summed E-state index contributed by atoms with van der Waals surface area (Å²) >= 11 is 0. The maximum atomic E-state index is 11.9. The number of nitrogens with zero attached hydrogens (tertiary/aromatic N) is 1. The average Bonchev–Trinajstić information content (AvgIpc) is 2.58. The zero-order valence-corrected chi connectivity index (χ0v) is 17.6. The van der Waals surface area contributed by atoms with Crippen molar-refractivity contribution in [2.45, 2.75) is 52.4 Å². The van der Waals surface area contributed by atoms with E-state index in [1.807, 2.05) is 36.4 Å². The molecule has 0 saturated heterocycles. The van der Waals surface area contributed by atoms with Crippen LogP contribution in [0.1, 0.15) is 58.2 Å². The van der Waals surface area contributed by atoms with Gasteiger partial charge in [0, 0.05) is 35.1 Å². The molecule has 0 aliphatic carbocycles. The predicted molar refractivity (Wildman–Crippen MR) is 116 cm³/mol. The monoisotopic (exact) mass is 378 g/mol. The lowest BCUT2D eigenvalue weighted by Crippen LogP contribution is -2.28. The van der Waals surface area contributed by atoms with Crippen LogP contribution >= 0.6 is 0 Å². The van der Waals surface area contributed by atoms with Crippen molar-refractivity contribution in [3.05, 3.63) is 59.2 Å². The molecule has 0 fully saturated rings. The van der Waals surface area contributed by atoms with Crippen molar-refractivity contribution in [3.8, 4) is 5.75 Å². The molecule has 0 aromatic heterocycles. The van der Waals surface area contributed by atoms with E-state index in [1.54, 1.807) is 0 Å². The normalized spacial score (nSPS) is 14.5. The zero-order chi connectivity index (χ0) is 20.9. The maximum absolute atomic E-state index is 11.9. The first kappa shape index (κ1) is 20.0. The van der Waals surface area contributed by atoms with Gasteiger partial charge >= 0.3 is 0 Å². The Morgan fingerprint density at radius 3 is 2.14 bits per heavy atom. The van der Waals surface area contributed by atoms with Crippen LogP contribution in [-0.4, -0.2) is 17.6 Å². The molecule has 1 aliphatic heterocycles. The fourth-order valence-electron chi connectivity index (χ4n) is 3.79. The lowest BCUT2D eigenvalue weighted by atomic mass is 9.79. The van der Waals surface area contributed by atoms with Gasteiger partial charge in [-0.2, -0.15) is 0 Å². The Balaban J connectivity index is 2.25. The van der Waals surface area contributed by atoms with Crippen LogP contribution in [0.2, 0.25) is 0 Å². The first-order chi connectivity index (χ1) is 12.9. The summed E-state index contributed by atoms with van der Waals surface area (Å²) in [5, 5.41) is 10.8. The molecule has 28 heavy (non-hydrogen) atoms. The average molecular weight is 379 g/mol. The second-order valence-corrected chi connectivity index (χ2v) is 9.50. The Kier molecular flexibility index (Phi) is 4.78. The third-order valence-corrected chi connectivity index (χ3v) is 5.25. The fraction of sp³-hybridized carbons (Fsp3) is 0.375. The Morgan fingerprint density at radius 1 is 0.964 bits per heavy atom. The maximum Gasteiger partial charge on any atom is 0.249 e. The molecule has 0 unspecified atom stereocenters. The largest absolute Gasteiger partial charge is 0.508 e. The lowest BCUT2D eigenvalue weighted by Gasteiger charge is -2.36. The number of anilines is 2. The molecule has 1 heterocycles. The van der Waals surface area contributed by atoms with E-state index in [9.17, 15) is 9.90 Å². The Bertz CT molecular complexity index is 960. The summed E-state index contributed by atoms with van der Waals surface area (Å²) in [5.74, 6) is -0.133. The van der Waals surface area contributed by atoms with Crippen LogP contribution in [0, 0.1) is 0 Å². The number of hydrogen-bond acceptors (Lipinski definition) is 3. The number of nitrogens with two attached hydrogens (primary N) is 1. The number of hydrogen-bond donors (Lipinski definition) is 2. The van der Waals surface area contributed by atoms with Gasteiger partial charge in [0.05, 0.1) is 0 Å². The number of carbonyl (C=O) groups is 1. The predicted octanol–water partition coefficient (Wildman–Crippen LogP) is 5.01. The second kappa shape index (κ2) is 6.69. The minimum absolute atomic E-state index is 0.119. The van der Waals surface area contributed by atoms with Crippen LogP contribution in [0.15, 0.2) is 42.5 Å². The van der Waals surface area contributed by atoms with Crippen LogP contribution in [0.5, 0.6) is 5.75 Å². The molecule has 4 nitrogen and oxygen atoms in total. The first-order valence-electron chi connectivity index (χ1n) is 9.66. The number of para-hydroxylation sites is 1. The number of amides is 1. The third kappa shape index (κ3) is 3.51. The second-order valence-electron chi connectivity index (χ2n) is 9.50. The summed E-state index contributed by atoms with van der Waals surface area (Å²) in [7, 11) is 0. The number of phenols is 1. The number of phenolic OH excluding ortho intramolecular Hbond substituents is 1. The van der Waals surface area contributed by atoms with Crippen molar-refractivity contribution in [3.63, 3.8) is 0 Å². The molecule has 1 amide bonds. The molecule has 3 rings (SSSR count). The molecule has 4 heteroatoms. The summed E-state index contributed by atoms with van der Waals surface area (Å²) < 4.78 is 0. The van der Waals surface area contributed by atoms with Gasteiger partial charge in [0.2, 0.25) is 5.91 Å². The van der Waals surface area contributed by atoms with E-state index < -0.39 is 5.91 Å². The number of benzene rings is 2. The van der Waals surface area contributed by atoms with Crippen LogP contribution in [0.25, 0.3) is 5.57 Å². The van der Waals surface area contributed by atoms with Crippen LogP contribution in [-0.2, 0) is 15.6 Å². The molecular formula is C24H30N2O2. The number of fused-ring (bicyclic) bond motifs is 1. The van der Waals surface area contributed by atoms with Crippen LogP contribution in [0.4, 0.5) is 11.4 Å². The highest BCUT2D eigenvalue weighted by atomic mass is 16.3. The zero-order valence-electron chi connectivity index (χ0n) is 17.6. The molecule has 0 radical (unpaired) electrons. The molecule has 148 valence electrons. The quantitative estimate of drug-likeness (QED) is 0.772. The SMILES string of the molecule is CC(C)(C)c1cc(C(C)(C)C)c(N2CC=C(C(N)=O)c3ccccc32)cc1O. The fourth-order valence-corrected chi connectivity index (χ4v) is 3.79. The van der Waals surface area contributed by atoms with Crippen molar-refractivity contribution >= 4 is 22.9 Å². The van der Waals surface area contributed by atoms with Crippen LogP contribution < -0.4 is 10.6 Å². The molecule has 2 aromatic carbocycles. The Labute approximate surface area is 167 Å². The van der Waals surface area contributed by atoms with E-state index in [0.29, 0.717) is 12.1 Å². The van der Waals surface area contributed by atoms with Crippen molar-refractivity contribution < 1.29 is 9.90 Å². The molecule has 0 bridgehead atoms. The van der Waals surface area contributed by atoms with Crippen LogP contribution in [0.3, 0.4) is 0 Å². The number of rotatable bonds is 2. The van der Waals surface area contributed by atoms with Gasteiger partial charge in [0.15, 0.2) is 0 Å². The molecule has 0 spiro atoms. The lowest BCUT2D eigenvalue weighted by molar-refractivity contribution is -0.112. The van der Waals surface area contributed by atoms with E-state index in [2.05, 4.69) is 52.5 Å². The smallest absolute Gasteiger partial charge is 0.249 e. The van der Waals surface area contributed by atoms with E-state index >= 15 is 0 Å². The Morgan fingerprint density at radius 2 is 1.57 bits per heavy atom. The van der Waals surface area contributed by atoms with E-state index in [1.165, 1.54) is 0 Å². The van der Waals surface area contributed by atoms with E-state index in [-0.39, 0.29) is 16.6 Å². The van der Waals surface area contributed by atoms with E-state index in [4.69, 9.17) is 5.73 Å². The van der Waals surface area contributed by atoms with Gasteiger partial charge in [-0.05, 0) is 34.1 Å². The highest BCUT2D eigenvalue weighted by molar-refractivity contribution is 6.21. The van der Waals surface area contributed by atoms with Crippen molar-refractivity contribution in [1.29, 1.82) is 0 Å². The molecule has 0 saturated carbocycles. The number of carbonyl (C=O) groups excluding carboxylic acids is 1. The van der Waals surface area contributed by atoms with E-state index in [0.717, 1.165) is 28.1 Å². The topological polar surface area (TPSA) is 66.6 Å². The third-order valence-electron chi connectivity index (χ3n) is 5.25. The minimum atomic E-state index is -0.422. The Hall–Kier alpha value is -2.75. The van der Waals surface area contributed by atoms with Gasteiger partial charge in [-0.25, -0.2) is 0 Å². The minimum Gasteiger partial charge on any atom is -0.508 e. The van der Waals surface area contributed by atoms with Crippen molar-refractivity contribution in [1.82, 2.24) is 0 Å². The summed E-state index contributed by atoms with van der Waals surface area (Å²) in [4.78, 5) is 14.0. The van der Waals surface area contributed by atoms with Gasteiger partial charge in [-0.1, -0.05) is 65.8 Å². The summed E-state index contributed by atoms with van der Waals surface area (Å²) in [6, 6.07) is 11.8. The summed E-state index contributed by atoms with van der Waals surface area (Å²) in [5.41, 5.74) is 10.6. The molecule has 0 atom stereocenters. The first-order valence-corrected chi connectivity index (χ1v) is 9.66. The van der Waals surface area contributed by atoms with Gasteiger partial charge in [-0.3, -0.25) is 4.79 Å². The highest BCUT2D eigenvalue weighted by Gasteiger charge is 2.30. The van der Waals surface area contributed by atoms with Gasteiger partial charge in [0.25, 0.3) is 0 Å². The molecular weight excluding hydrogens is 348 g/mol. The number of aromatic hydroxyl groups is 1. The number of primary amides is 1. The molecule has 1 aliphatic rings. The van der Waals surface area contributed by atoms with Gasteiger partial charge < -0.3 is 15.7 Å². The van der Waals surface area contributed by atoms with Crippen molar-refractivity contribution in [2.24, 2.45) is 5.73 Å². The van der Waals surface area contributed by atoms with Gasteiger partial charge in [0.1, 0.15) is 5.75 Å². The summed E-state index contributed by atoms with van der Waals surface area (Å²) in [6.45, 7) is 13.4. The van der Waals surface area contributed by atoms with Crippen molar-refractivity contribution in [2.75, 3.05) is 11.4 Å². The standard InChI is InChI=1S/C24H30N2O2/c1-23(2,3)17-13-18(24(4,5)6)21(27)14-20(17)26-12-11-16(22(25)28)15-9-7-8-10-19(15)26/h7-11,13-14,27H,12H2,1-6H3,(H2,25,28). The summed E-state index contributed by atoms with van der Waals surface area (Å²) in [6.07, 6.45) is 1.87. The van der Waals surface area contributed by atoms with Gasteiger partial charge in [-0.15, -0.1) is 0 Å². The highest BCUT2D eigenvalue weighted by Crippen LogP contribution is 2.45. The molecule has 2 aromatic rings.